The molecule has 3 aromatic rings. The summed E-state index contributed by atoms with van der Waals surface area (Å²) in [6, 6.07) is 15.9. The van der Waals surface area contributed by atoms with Gasteiger partial charge in [0.15, 0.2) is 0 Å². The summed E-state index contributed by atoms with van der Waals surface area (Å²) in [6.07, 6.45) is 10.3. The summed E-state index contributed by atoms with van der Waals surface area (Å²) < 4.78 is 11.4. The second kappa shape index (κ2) is 11.2. The molecule has 0 N–H and O–H groups in total. The topological polar surface area (TPSA) is 44.2 Å². The fourth-order valence-corrected chi connectivity index (χ4v) is 3.46. The smallest absolute Gasteiger partial charge is 0.148 e. The number of nitrogens with zero attached hydrogens (tertiary/aromatic N) is 2. The van der Waals surface area contributed by atoms with Crippen molar-refractivity contribution < 1.29 is 9.47 Å². The van der Waals surface area contributed by atoms with Gasteiger partial charge in [-0.05, 0) is 61.4 Å². The lowest BCUT2D eigenvalue weighted by atomic mass is 10.2. The Kier molecular flexibility index (Phi) is 8.01. The highest BCUT2D eigenvalue weighted by atomic mass is 32.1. The zero-order chi connectivity index (χ0) is 20.3. The molecule has 0 bridgehead atoms. The lowest BCUT2D eigenvalue weighted by Gasteiger charge is -2.04. The number of hydrogen-bond acceptors (Lipinski definition) is 5. The van der Waals surface area contributed by atoms with Gasteiger partial charge in [-0.15, -0.1) is 10.2 Å². The summed E-state index contributed by atoms with van der Waals surface area (Å²) >= 11 is 1.57. The highest BCUT2D eigenvalue weighted by molar-refractivity contribution is 7.17. The van der Waals surface area contributed by atoms with Crippen molar-refractivity contribution in [1.29, 1.82) is 0 Å². The molecule has 0 saturated carbocycles. The summed E-state index contributed by atoms with van der Waals surface area (Å²) in [4.78, 5) is 0. The fourth-order valence-electron chi connectivity index (χ4n) is 2.60. The van der Waals surface area contributed by atoms with Crippen molar-refractivity contribution in [2.45, 2.75) is 26.7 Å². The van der Waals surface area contributed by atoms with Gasteiger partial charge >= 0.3 is 0 Å². The minimum absolute atomic E-state index is 0.588. The normalized spacial score (nSPS) is 11.4. The van der Waals surface area contributed by atoms with E-state index in [-0.39, 0.29) is 0 Å². The van der Waals surface area contributed by atoms with Crippen molar-refractivity contribution in [2.75, 3.05) is 13.2 Å². The minimum Gasteiger partial charge on any atom is -0.490 e. The van der Waals surface area contributed by atoms with E-state index < -0.39 is 0 Å². The lowest BCUT2D eigenvalue weighted by molar-refractivity contribution is 0.362. The molecule has 1 aromatic heterocycles. The fraction of sp³-hybridized carbons (Fsp3) is 0.250. The molecule has 0 amide bonds. The third-order valence-corrected chi connectivity index (χ3v) is 5.15. The molecule has 29 heavy (non-hydrogen) atoms. The van der Waals surface area contributed by atoms with E-state index in [0.717, 1.165) is 45.5 Å². The van der Waals surface area contributed by atoms with Crippen molar-refractivity contribution in [3.8, 4) is 32.6 Å². The maximum absolute atomic E-state index is 5.69. The molecule has 150 valence electrons. The molecule has 5 heteroatoms. The molecule has 0 fully saturated rings. The third-order valence-electron chi connectivity index (χ3n) is 4.12. The van der Waals surface area contributed by atoms with Crippen LogP contribution in [0.4, 0.5) is 0 Å². The van der Waals surface area contributed by atoms with E-state index in [9.17, 15) is 0 Å². The zero-order valence-electron chi connectivity index (χ0n) is 16.9. The molecule has 0 radical (unpaired) electrons. The summed E-state index contributed by atoms with van der Waals surface area (Å²) in [5.74, 6) is 1.70. The minimum atomic E-state index is 0.588. The Labute approximate surface area is 176 Å². The van der Waals surface area contributed by atoms with Crippen LogP contribution in [-0.2, 0) is 0 Å². The number of ether oxygens (including phenoxy) is 2. The second-order valence-corrected chi connectivity index (χ2v) is 7.32. The SMILES string of the molecule is CC/C=C/COc1ccc(-c2nnc(-c3ccc(OC/C=C/CC)cc3)s2)cc1. The van der Waals surface area contributed by atoms with Crippen molar-refractivity contribution >= 4 is 11.3 Å². The molecular weight excluding hydrogens is 380 g/mol. The average molecular weight is 407 g/mol. The number of benzene rings is 2. The van der Waals surface area contributed by atoms with Gasteiger partial charge in [0.2, 0.25) is 0 Å². The molecule has 2 aromatic carbocycles. The van der Waals surface area contributed by atoms with Gasteiger partial charge in [-0.25, -0.2) is 0 Å². The Morgan fingerprint density at radius 1 is 0.655 bits per heavy atom. The Hall–Kier alpha value is -2.92. The molecule has 0 aliphatic carbocycles. The predicted molar refractivity (Wildman–Crippen MR) is 121 cm³/mol. The van der Waals surface area contributed by atoms with Gasteiger partial charge in [-0.2, -0.15) is 0 Å². The van der Waals surface area contributed by atoms with E-state index in [2.05, 4.69) is 36.2 Å². The second-order valence-electron chi connectivity index (χ2n) is 6.34. The van der Waals surface area contributed by atoms with Crippen LogP contribution in [0.15, 0.2) is 72.8 Å². The van der Waals surface area contributed by atoms with Gasteiger partial charge in [0.25, 0.3) is 0 Å². The van der Waals surface area contributed by atoms with E-state index in [1.54, 1.807) is 11.3 Å². The summed E-state index contributed by atoms with van der Waals surface area (Å²) in [5, 5.41) is 10.5. The van der Waals surface area contributed by atoms with E-state index in [4.69, 9.17) is 9.47 Å². The van der Waals surface area contributed by atoms with Gasteiger partial charge in [-0.3, -0.25) is 0 Å². The van der Waals surface area contributed by atoms with Crippen LogP contribution in [0.25, 0.3) is 21.1 Å². The molecule has 0 unspecified atom stereocenters. The van der Waals surface area contributed by atoms with Crippen LogP contribution in [0.3, 0.4) is 0 Å². The van der Waals surface area contributed by atoms with Gasteiger partial charge in [0, 0.05) is 11.1 Å². The van der Waals surface area contributed by atoms with Crippen molar-refractivity contribution in [1.82, 2.24) is 10.2 Å². The quantitative estimate of drug-likeness (QED) is 0.358. The first kappa shape index (κ1) is 20.8. The standard InChI is InChI=1S/C24H26N2O2S/c1-3-5-7-17-27-21-13-9-19(10-14-21)23-25-26-24(29-23)20-11-15-22(16-12-20)28-18-8-6-4-2/h5-16H,3-4,17-18H2,1-2H3/b7-5+,8-6+. The molecule has 0 spiro atoms. The first-order valence-corrected chi connectivity index (χ1v) is 10.7. The number of aromatic nitrogens is 2. The van der Waals surface area contributed by atoms with Crippen LogP contribution in [0.2, 0.25) is 0 Å². The van der Waals surface area contributed by atoms with E-state index in [0.29, 0.717) is 13.2 Å². The van der Waals surface area contributed by atoms with Crippen LogP contribution in [0.1, 0.15) is 26.7 Å². The molecule has 1 heterocycles. The first-order chi connectivity index (χ1) is 14.3. The Morgan fingerprint density at radius 3 is 1.45 bits per heavy atom. The molecular formula is C24H26N2O2S. The number of hydrogen-bond donors (Lipinski definition) is 0. The van der Waals surface area contributed by atoms with Crippen LogP contribution in [0, 0.1) is 0 Å². The Morgan fingerprint density at radius 2 is 1.07 bits per heavy atom. The molecule has 3 rings (SSSR count). The van der Waals surface area contributed by atoms with Crippen molar-refractivity contribution in [3.05, 3.63) is 72.8 Å². The predicted octanol–water partition coefficient (Wildman–Crippen LogP) is 6.56. The molecule has 0 aliphatic rings. The lowest BCUT2D eigenvalue weighted by Crippen LogP contribution is -1.92. The Bertz CT molecular complexity index is 852. The van der Waals surface area contributed by atoms with Crippen molar-refractivity contribution in [3.63, 3.8) is 0 Å². The molecule has 0 saturated heterocycles. The maximum Gasteiger partial charge on any atom is 0.148 e. The monoisotopic (exact) mass is 406 g/mol. The molecule has 4 nitrogen and oxygen atoms in total. The molecule has 0 aliphatic heterocycles. The summed E-state index contributed by atoms with van der Waals surface area (Å²) in [5.41, 5.74) is 2.07. The van der Waals surface area contributed by atoms with Crippen molar-refractivity contribution in [2.24, 2.45) is 0 Å². The number of allylic oxidation sites excluding steroid dienone is 2. The first-order valence-electron chi connectivity index (χ1n) is 9.90. The summed E-state index contributed by atoms with van der Waals surface area (Å²) in [6.45, 7) is 5.39. The molecule has 0 atom stereocenters. The number of rotatable bonds is 10. The Balaban J connectivity index is 1.61. The van der Waals surface area contributed by atoms with E-state index in [1.807, 2.05) is 60.7 Å². The highest BCUT2D eigenvalue weighted by Crippen LogP contribution is 2.31. The van der Waals surface area contributed by atoms with Gasteiger partial charge in [-0.1, -0.05) is 49.5 Å². The van der Waals surface area contributed by atoms with Gasteiger partial charge in [0.05, 0.1) is 0 Å². The van der Waals surface area contributed by atoms with Crippen LogP contribution >= 0.6 is 11.3 Å². The largest absolute Gasteiger partial charge is 0.490 e. The van der Waals surface area contributed by atoms with Gasteiger partial charge in [0.1, 0.15) is 34.7 Å². The van der Waals surface area contributed by atoms with Gasteiger partial charge < -0.3 is 9.47 Å². The third kappa shape index (κ3) is 6.29. The van der Waals surface area contributed by atoms with Crippen LogP contribution in [0.5, 0.6) is 11.5 Å². The van der Waals surface area contributed by atoms with E-state index in [1.165, 1.54) is 0 Å². The van der Waals surface area contributed by atoms with Crippen LogP contribution < -0.4 is 9.47 Å². The zero-order valence-corrected chi connectivity index (χ0v) is 17.7. The highest BCUT2D eigenvalue weighted by Gasteiger charge is 2.09. The summed E-state index contributed by atoms with van der Waals surface area (Å²) in [7, 11) is 0. The van der Waals surface area contributed by atoms with Crippen LogP contribution in [-0.4, -0.2) is 23.4 Å². The average Bonchev–Trinajstić information content (AvgIpc) is 3.25. The maximum atomic E-state index is 5.69. The van der Waals surface area contributed by atoms with E-state index >= 15 is 0 Å².